The number of β-amino-alcohol motifs (C(OH)–C–C–N with tert-alkyl or cyclic N) is 1. The van der Waals surface area contributed by atoms with E-state index in [2.05, 4.69) is 0 Å². The standard InChI is InChI=1S/C9H15NO3/c11-6-5-10-7-3-1-2-4-8(7)13-9(10)12/h7-8,11H,1-6H2. The van der Waals surface area contributed by atoms with Crippen molar-refractivity contribution in [1.29, 1.82) is 0 Å². The number of carbonyl (C=O) groups is 1. The third-order valence-electron chi connectivity index (χ3n) is 2.90. The van der Waals surface area contributed by atoms with Gasteiger partial charge in [0.15, 0.2) is 0 Å². The molecule has 0 bridgehead atoms. The van der Waals surface area contributed by atoms with Crippen LogP contribution in [0, 0.1) is 0 Å². The second kappa shape index (κ2) is 3.54. The van der Waals surface area contributed by atoms with E-state index in [0.29, 0.717) is 6.54 Å². The molecule has 2 fully saturated rings. The first-order valence-electron chi connectivity index (χ1n) is 4.91. The number of hydrogen-bond donors (Lipinski definition) is 1. The second-order valence-corrected chi connectivity index (χ2v) is 3.69. The van der Waals surface area contributed by atoms with Gasteiger partial charge in [0.25, 0.3) is 0 Å². The highest BCUT2D eigenvalue weighted by molar-refractivity contribution is 5.70. The van der Waals surface area contributed by atoms with Gasteiger partial charge in [-0.05, 0) is 19.3 Å². The van der Waals surface area contributed by atoms with E-state index < -0.39 is 0 Å². The molecule has 1 saturated carbocycles. The third-order valence-corrected chi connectivity index (χ3v) is 2.90. The number of aliphatic hydroxyl groups excluding tert-OH is 1. The fraction of sp³-hybridized carbons (Fsp3) is 0.889. The van der Waals surface area contributed by atoms with Gasteiger partial charge in [-0.15, -0.1) is 0 Å². The zero-order valence-corrected chi connectivity index (χ0v) is 7.61. The van der Waals surface area contributed by atoms with Crippen LogP contribution in [0.2, 0.25) is 0 Å². The summed E-state index contributed by atoms with van der Waals surface area (Å²) >= 11 is 0. The maximum atomic E-state index is 11.3. The van der Waals surface area contributed by atoms with Crippen molar-refractivity contribution in [3.8, 4) is 0 Å². The van der Waals surface area contributed by atoms with Gasteiger partial charge >= 0.3 is 6.09 Å². The van der Waals surface area contributed by atoms with Gasteiger partial charge in [0.2, 0.25) is 0 Å². The molecule has 2 aliphatic rings. The summed E-state index contributed by atoms with van der Waals surface area (Å²) in [6.07, 6.45) is 4.18. The maximum absolute atomic E-state index is 11.3. The van der Waals surface area contributed by atoms with Crippen LogP contribution in [0.1, 0.15) is 25.7 Å². The summed E-state index contributed by atoms with van der Waals surface area (Å²) in [6.45, 7) is 0.443. The van der Waals surface area contributed by atoms with E-state index in [9.17, 15) is 4.79 Å². The summed E-state index contributed by atoms with van der Waals surface area (Å²) < 4.78 is 5.21. The highest BCUT2D eigenvalue weighted by atomic mass is 16.6. The fourth-order valence-corrected chi connectivity index (χ4v) is 2.27. The number of aliphatic hydroxyl groups is 1. The molecule has 1 saturated heterocycles. The predicted molar refractivity (Wildman–Crippen MR) is 46.3 cm³/mol. The highest BCUT2D eigenvalue weighted by Crippen LogP contribution is 2.31. The van der Waals surface area contributed by atoms with Crippen molar-refractivity contribution < 1.29 is 14.6 Å². The van der Waals surface area contributed by atoms with Crippen LogP contribution in [0.4, 0.5) is 4.79 Å². The van der Waals surface area contributed by atoms with E-state index in [1.165, 1.54) is 6.42 Å². The molecular weight excluding hydrogens is 170 g/mol. The summed E-state index contributed by atoms with van der Waals surface area (Å²) in [5, 5.41) is 8.79. The Kier molecular flexibility index (Phi) is 2.40. The Hall–Kier alpha value is -0.770. The number of carbonyl (C=O) groups excluding carboxylic acids is 1. The van der Waals surface area contributed by atoms with E-state index in [0.717, 1.165) is 19.3 Å². The van der Waals surface area contributed by atoms with Crippen molar-refractivity contribution in [3.05, 3.63) is 0 Å². The van der Waals surface area contributed by atoms with E-state index in [1.807, 2.05) is 0 Å². The first-order valence-corrected chi connectivity index (χ1v) is 4.91. The molecule has 4 nitrogen and oxygen atoms in total. The second-order valence-electron chi connectivity index (χ2n) is 3.69. The van der Waals surface area contributed by atoms with Gasteiger partial charge in [0.1, 0.15) is 6.10 Å². The zero-order chi connectivity index (χ0) is 9.26. The Morgan fingerprint density at radius 3 is 3.00 bits per heavy atom. The molecule has 1 heterocycles. The van der Waals surface area contributed by atoms with Crippen LogP contribution in [0.15, 0.2) is 0 Å². The fourth-order valence-electron chi connectivity index (χ4n) is 2.27. The van der Waals surface area contributed by atoms with Crippen molar-refractivity contribution in [2.24, 2.45) is 0 Å². The molecule has 1 aliphatic carbocycles. The predicted octanol–water partition coefficient (Wildman–Crippen LogP) is 0.742. The van der Waals surface area contributed by atoms with E-state index in [1.54, 1.807) is 4.90 Å². The van der Waals surface area contributed by atoms with Crippen LogP contribution in [0.25, 0.3) is 0 Å². The van der Waals surface area contributed by atoms with Gasteiger partial charge in [-0.25, -0.2) is 4.79 Å². The molecule has 13 heavy (non-hydrogen) atoms. The van der Waals surface area contributed by atoms with Crippen LogP contribution < -0.4 is 0 Å². The molecular formula is C9H15NO3. The quantitative estimate of drug-likeness (QED) is 0.690. The highest BCUT2D eigenvalue weighted by Gasteiger charge is 2.42. The molecule has 1 aliphatic heterocycles. The summed E-state index contributed by atoms with van der Waals surface area (Å²) in [6, 6.07) is 0.230. The molecule has 1 N–H and O–H groups in total. The van der Waals surface area contributed by atoms with Crippen LogP contribution >= 0.6 is 0 Å². The number of nitrogens with zero attached hydrogens (tertiary/aromatic N) is 1. The lowest BCUT2D eigenvalue weighted by Crippen LogP contribution is -2.39. The van der Waals surface area contributed by atoms with E-state index >= 15 is 0 Å². The van der Waals surface area contributed by atoms with Gasteiger partial charge in [0.05, 0.1) is 12.6 Å². The number of fused-ring (bicyclic) bond motifs is 1. The minimum Gasteiger partial charge on any atom is -0.444 e. The Balaban J connectivity index is 2.04. The van der Waals surface area contributed by atoms with Crippen LogP contribution in [-0.4, -0.2) is 41.4 Å². The number of amides is 1. The molecule has 0 aromatic carbocycles. The largest absolute Gasteiger partial charge is 0.444 e. The topological polar surface area (TPSA) is 49.8 Å². The first-order chi connectivity index (χ1) is 6.33. The minimum atomic E-state index is -0.244. The lowest BCUT2D eigenvalue weighted by Gasteiger charge is -2.27. The van der Waals surface area contributed by atoms with Crippen molar-refractivity contribution in [2.45, 2.75) is 37.8 Å². The summed E-state index contributed by atoms with van der Waals surface area (Å²) in [5.41, 5.74) is 0. The van der Waals surface area contributed by atoms with Gasteiger partial charge in [-0.3, -0.25) is 4.90 Å². The lowest BCUT2D eigenvalue weighted by molar-refractivity contribution is 0.113. The van der Waals surface area contributed by atoms with Crippen molar-refractivity contribution >= 4 is 6.09 Å². The van der Waals surface area contributed by atoms with Crippen molar-refractivity contribution in [1.82, 2.24) is 4.90 Å². The molecule has 0 aromatic heterocycles. The average molecular weight is 185 g/mol. The van der Waals surface area contributed by atoms with Gasteiger partial charge in [-0.1, -0.05) is 6.42 Å². The number of hydrogen-bond acceptors (Lipinski definition) is 3. The molecule has 2 unspecified atom stereocenters. The van der Waals surface area contributed by atoms with E-state index in [-0.39, 0.29) is 24.8 Å². The van der Waals surface area contributed by atoms with Crippen LogP contribution in [-0.2, 0) is 4.74 Å². The Morgan fingerprint density at radius 1 is 1.46 bits per heavy atom. The Bertz CT molecular complexity index is 207. The molecule has 0 aromatic rings. The van der Waals surface area contributed by atoms with Crippen LogP contribution in [0.3, 0.4) is 0 Å². The van der Waals surface area contributed by atoms with E-state index in [4.69, 9.17) is 9.84 Å². The first kappa shape index (κ1) is 8.81. The summed E-state index contributed by atoms with van der Waals surface area (Å²) in [7, 11) is 0. The molecule has 2 atom stereocenters. The maximum Gasteiger partial charge on any atom is 0.410 e. The van der Waals surface area contributed by atoms with Crippen molar-refractivity contribution in [2.75, 3.05) is 13.2 Å². The molecule has 2 rings (SSSR count). The molecule has 0 radical (unpaired) electrons. The summed E-state index contributed by atoms with van der Waals surface area (Å²) in [5.74, 6) is 0. The number of rotatable bonds is 2. The third kappa shape index (κ3) is 1.50. The average Bonchev–Trinajstić information content (AvgIpc) is 2.44. The number of ether oxygens (including phenoxy) is 1. The van der Waals surface area contributed by atoms with Crippen molar-refractivity contribution in [3.63, 3.8) is 0 Å². The molecule has 0 spiro atoms. The van der Waals surface area contributed by atoms with Gasteiger partial charge in [-0.2, -0.15) is 0 Å². The molecule has 74 valence electrons. The summed E-state index contributed by atoms with van der Waals surface area (Å²) in [4.78, 5) is 13.0. The zero-order valence-electron chi connectivity index (χ0n) is 7.61. The lowest BCUT2D eigenvalue weighted by atomic mass is 9.92. The molecule has 4 heteroatoms. The monoisotopic (exact) mass is 185 g/mol. The van der Waals surface area contributed by atoms with Gasteiger partial charge < -0.3 is 9.84 Å². The molecule has 1 amide bonds. The smallest absolute Gasteiger partial charge is 0.410 e. The van der Waals surface area contributed by atoms with Crippen LogP contribution in [0.5, 0.6) is 0 Å². The SMILES string of the molecule is O=C1OC2CCCCC2N1CCO. The minimum absolute atomic E-state index is 0.0261. The normalized spacial score (nSPS) is 33.0. The van der Waals surface area contributed by atoms with Gasteiger partial charge in [0, 0.05) is 6.54 Å². The Morgan fingerprint density at radius 2 is 2.23 bits per heavy atom. The Labute approximate surface area is 77.5 Å².